The highest BCUT2D eigenvalue weighted by molar-refractivity contribution is 9.10. The van der Waals surface area contributed by atoms with Gasteiger partial charge in [-0.3, -0.25) is 0 Å². The Morgan fingerprint density at radius 2 is 2.38 bits per heavy atom. The number of pyridine rings is 1. The predicted octanol–water partition coefficient (Wildman–Crippen LogP) is 2.39. The molecule has 0 aliphatic carbocycles. The van der Waals surface area contributed by atoms with E-state index < -0.39 is 0 Å². The standard InChI is InChI=1S/C12H14BrN3/c13-9-3-4-12-15-11(8-16(12)7-9)6-10-2-1-5-14-10/h3-4,7-8,10,14H,1-2,5-6H2. The van der Waals surface area contributed by atoms with E-state index in [1.165, 1.54) is 18.5 Å². The van der Waals surface area contributed by atoms with Gasteiger partial charge in [0, 0.05) is 29.3 Å². The molecule has 4 heteroatoms. The van der Waals surface area contributed by atoms with Gasteiger partial charge in [0.1, 0.15) is 5.65 Å². The Bertz CT molecular complexity index is 500. The Kier molecular flexibility index (Phi) is 2.69. The Balaban J connectivity index is 1.86. The first-order valence-corrected chi connectivity index (χ1v) is 6.47. The smallest absolute Gasteiger partial charge is 0.137 e. The third-order valence-corrected chi connectivity index (χ3v) is 3.55. The van der Waals surface area contributed by atoms with E-state index in [4.69, 9.17) is 0 Å². The van der Waals surface area contributed by atoms with Gasteiger partial charge in [0.05, 0.1) is 5.69 Å². The lowest BCUT2D eigenvalue weighted by Gasteiger charge is -2.06. The summed E-state index contributed by atoms with van der Waals surface area (Å²) in [5, 5.41) is 3.50. The number of rotatable bonds is 2. The molecule has 16 heavy (non-hydrogen) atoms. The normalized spacial score (nSPS) is 20.7. The maximum Gasteiger partial charge on any atom is 0.137 e. The lowest BCUT2D eigenvalue weighted by molar-refractivity contribution is 0.597. The molecule has 1 fully saturated rings. The first kappa shape index (κ1) is 10.3. The first-order valence-electron chi connectivity index (χ1n) is 5.68. The van der Waals surface area contributed by atoms with Crippen molar-refractivity contribution in [3.05, 3.63) is 34.7 Å². The van der Waals surface area contributed by atoms with Crippen LogP contribution >= 0.6 is 15.9 Å². The average molecular weight is 280 g/mol. The summed E-state index contributed by atoms with van der Waals surface area (Å²) in [5.41, 5.74) is 2.20. The molecule has 3 heterocycles. The molecule has 1 atom stereocenters. The van der Waals surface area contributed by atoms with Crippen molar-refractivity contribution in [3.8, 4) is 0 Å². The van der Waals surface area contributed by atoms with Gasteiger partial charge >= 0.3 is 0 Å². The molecule has 0 spiro atoms. The molecule has 0 bridgehead atoms. The summed E-state index contributed by atoms with van der Waals surface area (Å²) in [7, 11) is 0. The largest absolute Gasteiger partial charge is 0.314 e. The Hall–Kier alpha value is -0.870. The molecular formula is C12H14BrN3. The fourth-order valence-corrected chi connectivity index (χ4v) is 2.65. The van der Waals surface area contributed by atoms with Gasteiger partial charge in [0.15, 0.2) is 0 Å². The summed E-state index contributed by atoms with van der Waals surface area (Å²) in [5.74, 6) is 0. The maximum atomic E-state index is 4.62. The zero-order valence-electron chi connectivity index (χ0n) is 8.99. The van der Waals surface area contributed by atoms with Crippen LogP contribution in [0.1, 0.15) is 18.5 Å². The van der Waals surface area contributed by atoms with E-state index in [1.807, 2.05) is 18.3 Å². The van der Waals surface area contributed by atoms with Gasteiger partial charge in [-0.25, -0.2) is 4.98 Å². The molecule has 84 valence electrons. The second kappa shape index (κ2) is 4.18. The average Bonchev–Trinajstić information content (AvgIpc) is 2.86. The van der Waals surface area contributed by atoms with E-state index in [0.717, 1.165) is 23.1 Å². The van der Waals surface area contributed by atoms with Crippen LogP contribution in [0.4, 0.5) is 0 Å². The predicted molar refractivity (Wildman–Crippen MR) is 67.6 cm³/mol. The van der Waals surface area contributed by atoms with Crippen molar-refractivity contribution in [2.45, 2.75) is 25.3 Å². The van der Waals surface area contributed by atoms with Crippen LogP contribution in [0, 0.1) is 0 Å². The van der Waals surface area contributed by atoms with Crippen molar-refractivity contribution in [2.75, 3.05) is 6.54 Å². The third kappa shape index (κ3) is 1.99. The van der Waals surface area contributed by atoms with Gasteiger partial charge in [0.25, 0.3) is 0 Å². The minimum absolute atomic E-state index is 0.619. The summed E-state index contributed by atoms with van der Waals surface area (Å²) in [4.78, 5) is 4.62. The number of aromatic nitrogens is 2. The molecule has 0 aromatic carbocycles. The van der Waals surface area contributed by atoms with Gasteiger partial charge in [-0.05, 0) is 47.4 Å². The van der Waals surface area contributed by atoms with Crippen molar-refractivity contribution >= 4 is 21.6 Å². The lowest BCUT2D eigenvalue weighted by Crippen LogP contribution is -2.23. The maximum absolute atomic E-state index is 4.62. The van der Waals surface area contributed by atoms with Crippen molar-refractivity contribution < 1.29 is 0 Å². The van der Waals surface area contributed by atoms with Crippen LogP contribution in [-0.4, -0.2) is 22.0 Å². The number of nitrogens with zero attached hydrogens (tertiary/aromatic N) is 2. The fraction of sp³-hybridized carbons (Fsp3) is 0.417. The summed E-state index contributed by atoms with van der Waals surface area (Å²) >= 11 is 3.47. The molecule has 3 nitrogen and oxygen atoms in total. The van der Waals surface area contributed by atoms with Gasteiger partial charge in [-0.2, -0.15) is 0 Å². The Labute approximate surface area is 103 Å². The zero-order chi connectivity index (χ0) is 11.0. The molecular weight excluding hydrogens is 266 g/mol. The molecule has 1 aliphatic rings. The highest BCUT2D eigenvalue weighted by atomic mass is 79.9. The van der Waals surface area contributed by atoms with Gasteiger partial charge in [0.2, 0.25) is 0 Å². The van der Waals surface area contributed by atoms with Crippen LogP contribution in [0.3, 0.4) is 0 Å². The number of hydrogen-bond acceptors (Lipinski definition) is 2. The second-order valence-electron chi connectivity index (χ2n) is 4.34. The highest BCUT2D eigenvalue weighted by Gasteiger charge is 2.15. The van der Waals surface area contributed by atoms with Gasteiger partial charge in [-0.15, -0.1) is 0 Å². The quantitative estimate of drug-likeness (QED) is 0.915. The van der Waals surface area contributed by atoms with Crippen LogP contribution in [0.15, 0.2) is 29.0 Å². The second-order valence-corrected chi connectivity index (χ2v) is 5.26. The zero-order valence-corrected chi connectivity index (χ0v) is 10.6. The van der Waals surface area contributed by atoms with E-state index in [0.29, 0.717) is 6.04 Å². The number of hydrogen-bond donors (Lipinski definition) is 1. The number of fused-ring (bicyclic) bond motifs is 1. The third-order valence-electron chi connectivity index (χ3n) is 3.08. The molecule has 1 N–H and O–H groups in total. The van der Waals surface area contributed by atoms with Crippen LogP contribution < -0.4 is 5.32 Å². The number of nitrogens with one attached hydrogen (secondary N) is 1. The van der Waals surface area contributed by atoms with E-state index >= 15 is 0 Å². The van der Waals surface area contributed by atoms with Crippen LogP contribution in [0.25, 0.3) is 5.65 Å². The van der Waals surface area contributed by atoms with Crippen molar-refractivity contribution in [1.82, 2.24) is 14.7 Å². The minimum Gasteiger partial charge on any atom is -0.314 e. The molecule has 2 aromatic heterocycles. The molecule has 2 aromatic rings. The van der Waals surface area contributed by atoms with Crippen molar-refractivity contribution in [3.63, 3.8) is 0 Å². The fourth-order valence-electron chi connectivity index (χ4n) is 2.30. The van der Waals surface area contributed by atoms with Crippen LogP contribution in [0.5, 0.6) is 0 Å². The van der Waals surface area contributed by atoms with Crippen molar-refractivity contribution in [2.24, 2.45) is 0 Å². The summed E-state index contributed by atoms with van der Waals surface area (Å²) < 4.78 is 3.16. The minimum atomic E-state index is 0.619. The monoisotopic (exact) mass is 279 g/mol. The number of imidazole rings is 1. The topological polar surface area (TPSA) is 29.3 Å². The van der Waals surface area contributed by atoms with Crippen LogP contribution in [0.2, 0.25) is 0 Å². The Morgan fingerprint density at radius 3 is 3.19 bits per heavy atom. The summed E-state index contributed by atoms with van der Waals surface area (Å²) in [6.07, 6.45) is 7.79. The highest BCUT2D eigenvalue weighted by Crippen LogP contribution is 2.15. The van der Waals surface area contributed by atoms with Crippen LogP contribution in [-0.2, 0) is 6.42 Å². The van der Waals surface area contributed by atoms with Crippen molar-refractivity contribution in [1.29, 1.82) is 0 Å². The van der Waals surface area contributed by atoms with E-state index in [2.05, 4.69) is 36.8 Å². The van der Waals surface area contributed by atoms with Gasteiger partial charge in [-0.1, -0.05) is 0 Å². The molecule has 1 unspecified atom stereocenters. The van der Waals surface area contributed by atoms with E-state index in [-0.39, 0.29) is 0 Å². The lowest BCUT2D eigenvalue weighted by atomic mass is 10.1. The summed E-state index contributed by atoms with van der Waals surface area (Å²) in [6.45, 7) is 1.16. The van der Waals surface area contributed by atoms with Gasteiger partial charge < -0.3 is 9.72 Å². The Morgan fingerprint density at radius 1 is 1.44 bits per heavy atom. The SMILES string of the molecule is Brc1ccc2nc(CC3CCCN3)cn2c1. The van der Waals surface area contributed by atoms with E-state index in [9.17, 15) is 0 Å². The first-order chi connectivity index (χ1) is 7.81. The molecule has 1 saturated heterocycles. The molecule has 0 amide bonds. The summed E-state index contributed by atoms with van der Waals surface area (Å²) in [6, 6.07) is 4.68. The molecule has 0 saturated carbocycles. The molecule has 0 radical (unpaired) electrons. The molecule has 1 aliphatic heterocycles. The molecule has 3 rings (SSSR count). The van der Waals surface area contributed by atoms with E-state index in [1.54, 1.807) is 0 Å². The number of halogens is 1.